The highest BCUT2D eigenvalue weighted by Gasteiger charge is 2.18. The molecule has 1 saturated heterocycles. The van der Waals surface area contributed by atoms with Gasteiger partial charge in [-0.15, -0.1) is 0 Å². The SMILES string of the molecule is CN(C)c1nccnc1NCCN1CCC(CO)CC1. The molecule has 2 heterocycles. The number of hydrogen-bond donors (Lipinski definition) is 2. The molecule has 0 aliphatic carbocycles. The molecule has 6 heteroatoms. The van der Waals surface area contributed by atoms with Gasteiger partial charge in [0.25, 0.3) is 0 Å². The Kier molecular flexibility index (Phi) is 5.55. The Morgan fingerprint density at radius 3 is 2.65 bits per heavy atom. The van der Waals surface area contributed by atoms with Gasteiger partial charge in [0.15, 0.2) is 11.6 Å². The molecule has 0 atom stereocenters. The van der Waals surface area contributed by atoms with Gasteiger partial charge in [0.1, 0.15) is 0 Å². The third-order valence-corrected chi connectivity index (χ3v) is 3.79. The van der Waals surface area contributed by atoms with Gasteiger partial charge in [-0.25, -0.2) is 9.97 Å². The number of aliphatic hydroxyl groups is 1. The first-order chi connectivity index (χ1) is 9.70. The van der Waals surface area contributed by atoms with Crippen molar-refractivity contribution in [3.63, 3.8) is 0 Å². The number of piperidine rings is 1. The van der Waals surface area contributed by atoms with Gasteiger partial charge < -0.3 is 20.2 Å². The Bertz CT molecular complexity index is 404. The highest BCUT2D eigenvalue weighted by atomic mass is 16.3. The van der Waals surface area contributed by atoms with Gasteiger partial charge in [-0.1, -0.05) is 0 Å². The molecule has 0 bridgehead atoms. The van der Waals surface area contributed by atoms with E-state index in [4.69, 9.17) is 5.11 Å². The van der Waals surface area contributed by atoms with Crippen molar-refractivity contribution >= 4 is 11.6 Å². The average Bonchev–Trinajstić information content (AvgIpc) is 2.48. The lowest BCUT2D eigenvalue weighted by atomic mass is 9.98. The number of rotatable bonds is 6. The van der Waals surface area contributed by atoms with E-state index >= 15 is 0 Å². The lowest BCUT2D eigenvalue weighted by molar-refractivity contribution is 0.134. The molecule has 112 valence electrons. The van der Waals surface area contributed by atoms with Crippen molar-refractivity contribution in [2.24, 2.45) is 5.92 Å². The number of aliphatic hydroxyl groups excluding tert-OH is 1. The smallest absolute Gasteiger partial charge is 0.171 e. The number of anilines is 2. The molecule has 0 aromatic carbocycles. The summed E-state index contributed by atoms with van der Waals surface area (Å²) in [5.41, 5.74) is 0. The van der Waals surface area contributed by atoms with Crippen LogP contribution >= 0.6 is 0 Å². The fourth-order valence-corrected chi connectivity index (χ4v) is 2.51. The van der Waals surface area contributed by atoms with Gasteiger partial charge in [0.2, 0.25) is 0 Å². The molecule has 1 aliphatic heterocycles. The molecule has 1 aliphatic rings. The van der Waals surface area contributed by atoms with E-state index < -0.39 is 0 Å². The number of aromatic nitrogens is 2. The molecule has 0 unspecified atom stereocenters. The summed E-state index contributed by atoms with van der Waals surface area (Å²) in [5, 5.41) is 12.5. The Balaban J connectivity index is 1.76. The summed E-state index contributed by atoms with van der Waals surface area (Å²) < 4.78 is 0. The van der Waals surface area contributed by atoms with E-state index in [1.54, 1.807) is 12.4 Å². The van der Waals surface area contributed by atoms with Crippen molar-refractivity contribution in [2.45, 2.75) is 12.8 Å². The number of nitrogens with one attached hydrogen (secondary N) is 1. The highest BCUT2D eigenvalue weighted by Crippen LogP contribution is 2.18. The Labute approximate surface area is 120 Å². The van der Waals surface area contributed by atoms with E-state index in [1.807, 2.05) is 19.0 Å². The number of hydrogen-bond acceptors (Lipinski definition) is 6. The van der Waals surface area contributed by atoms with Gasteiger partial charge in [-0.2, -0.15) is 0 Å². The zero-order valence-corrected chi connectivity index (χ0v) is 12.4. The Morgan fingerprint density at radius 1 is 1.30 bits per heavy atom. The molecule has 6 nitrogen and oxygen atoms in total. The molecule has 1 aromatic heterocycles. The van der Waals surface area contributed by atoms with Crippen molar-refractivity contribution in [3.05, 3.63) is 12.4 Å². The van der Waals surface area contributed by atoms with E-state index in [1.165, 1.54) is 0 Å². The van der Waals surface area contributed by atoms with Crippen LogP contribution in [-0.4, -0.2) is 66.9 Å². The second kappa shape index (κ2) is 7.40. The fraction of sp³-hybridized carbons (Fsp3) is 0.714. The Hall–Kier alpha value is -1.40. The topological polar surface area (TPSA) is 64.5 Å². The molecule has 0 saturated carbocycles. The van der Waals surface area contributed by atoms with Crippen molar-refractivity contribution in [1.29, 1.82) is 0 Å². The molecule has 20 heavy (non-hydrogen) atoms. The molecule has 0 spiro atoms. The van der Waals surface area contributed by atoms with Crippen LogP contribution in [0.25, 0.3) is 0 Å². The minimum atomic E-state index is 0.331. The molecule has 0 amide bonds. The Morgan fingerprint density at radius 2 is 2.00 bits per heavy atom. The van der Waals surface area contributed by atoms with E-state index in [0.29, 0.717) is 12.5 Å². The van der Waals surface area contributed by atoms with Crippen LogP contribution in [0.3, 0.4) is 0 Å². The second-order valence-corrected chi connectivity index (χ2v) is 5.52. The first-order valence-corrected chi connectivity index (χ1v) is 7.26. The normalized spacial score (nSPS) is 17.1. The summed E-state index contributed by atoms with van der Waals surface area (Å²) in [7, 11) is 3.93. The minimum Gasteiger partial charge on any atom is -0.396 e. The first kappa shape index (κ1) is 15.0. The van der Waals surface area contributed by atoms with Crippen LogP contribution in [0.2, 0.25) is 0 Å². The van der Waals surface area contributed by atoms with Crippen molar-refractivity contribution < 1.29 is 5.11 Å². The summed E-state index contributed by atoms with van der Waals surface area (Å²) >= 11 is 0. The molecule has 1 aromatic rings. The monoisotopic (exact) mass is 279 g/mol. The van der Waals surface area contributed by atoms with Gasteiger partial charge in [-0.05, 0) is 31.8 Å². The van der Waals surface area contributed by atoms with Crippen LogP contribution in [0.1, 0.15) is 12.8 Å². The maximum atomic E-state index is 9.13. The van der Waals surface area contributed by atoms with Crippen LogP contribution < -0.4 is 10.2 Å². The zero-order valence-electron chi connectivity index (χ0n) is 12.4. The minimum absolute atomic E-state index is 0.331. The van der Waals surface area contributed by atoms with Crippen molar-refractivity contribution in [3.8, 4) is 0 Å². The molecule has 2 rings (SSSR count). The largest absolute Gasteiger partial charge is 0.396 e. The van der Waals surface area contributed by atoms with E-state index in [2.05, 4.69) is 20.2 Å². The highest BCUT2D eigenvalue weighted by molar-refractivity contribution is 5.59. The second-order valence-electron chi connectivity index (χ2n) is 5.52. The third kappa shape index (κ3) is 4.05. The summed E-state index contributed by atoms with van der Waals surface area (Å²) in [4.78, 5) is 13.1. The van der Waals surface area contributed by atoms with Crippen LogP contribution in [0.5, 0.6) is 0 Å². The van der Waals surface area contributed by atoms with E-state index in [-0.39, 0.29) is 0 Å². The summed E-state index contributed by atoms with van der Waals surface area (Å²) in [6, 6.07) is 0. The van der Waals surface area contributed by atoms with Crippen LogP contribution in [0.15, 0.2) is 12.4 Å². The fourth-order valence-electron chi connectivity index (χ4n) is 2.51. The van der Waals surface area contributed by atoms with Crippen molar-refractivity contribution in [2.75, 3.05) is 57.1 Å². The first-order valence-electron chi connectivity index (χ1n) is 7.26. The van der Waals surface area contributed by atoms with Gasteiger partial charge >= 0.3 is 0 Å². The average molecular weight is 279 g/mol. The van der Waals surface area contributed by atoms with Crippen LogP contribution in [-0.2, 0) is 0 Å². The van der Waals surface area contributed by atoms with Crippen LogP contribution in [0, 0.1) is 5.92 Å². The standard InChI is InChI=1S/C14H25N5O/c1-18(2)14-13(15-5-6-17-14)16-7-10-19-8-3-12(11-20)4-9-19/h5-6,12,20H,3-4,7-11H2,1-2H3,(H,15,16). The molecular weight excluding hydrogens is 254 g/mol. The van der Waals surface area contributed by atoms with Gasteiger partial charge in [0.05, 0.1) is 0 Å². The lowest BCUT2D eigenvalue weighted by Gasteiger charge is -2.31. The maximum Gasteiger partial charge on any atom is 0.171 e. The predicted octanol–water partition coefficient (Wildman–Crippen LogP) is 0.659. The summed E-state index contributed by atoms with van der Waals surface area (Å²) in [6.07, 6.45) is 5.62. The van der Waals surface area contributed by atoms with E-state index in [9.17, 15) is 0 Å². The summed E-state index contributed by atoms with van der Waals surface area (Å²) in [5.74, 6) is 2.20. The maximum absolute atomic E-state index is 9.13. The van der Waals surface area contributed by atoms with Gasteiger partial charge in [-0.3, -0.25) is 0 Å². The zero-order chi connectivity index (χ0) is 14.4. The predicted molar refractivity (Wildman–Crippen MR) is 81.1 cm³/mol. The van der Waals surface area contributed by atoms with E-state index in [0.717, 1.165) is 50.7 Å². The molecule has 1 fully saturated rings. The lowest BCUT2D eigenvalue weighted by Crippen LogP contribution is -2.37. The molecule has 0 radical (unpaired) electrons. The third-order valence-electron chi connectivity index (χ3n) is 3.79. The number of likely N-dealkylation sites (tertiary alicyclic amines) is 1. The molecule has 2 N–H and O–H groups in total. The van der Waals surface area contributed by atoms with Gasteiger partial charge in [0, 0.05) is 46.2 Å². The quantitative estimate of drug-likeness (QED) is 0.797. The summed E-state index contributed by atoms with van der Waals surface area (Å²) in [6.45, 7) is 4.35. The van der Waals surface area contributed by atoms with Crippen LogP contribution in [0.4, 0.5) is 11.6 Å². The van der Waals surface area contributed by atoms with Crippen molar-refractivity contribution in [1.82, 2.24) is 14.9 Å². The molecular formula is C14H25N5O. The number of nitrogens with zero attached hydrogens (tertiary/aromatic N) is 4.